The number of rotatable bonds is 7. The van der Waals surface area contributed by atoms with Crippen molar-refractivity contribution >= 4 is 33.3 Å². The molecule has 0 unspecified atom stereocenters. The number of terminal acetylenes is 1. The largest absolute Gasteiger partial charge is 0.310 e. The number of hydrogen-bond acceptors (Lipinski definition) is 2. The second kappa shape index (κ2) is 14.0. The van der Waals surface area contributed by atoms with Gasteiger partial charge in [0.1, 0.15) is 0 Å². The summed E-state index contributed by atoms with van der Waals surface area (Å²) in [5.41, 5.74) is 13.5. The standard InChI is InChI=1S/C51H35N3/c1-3-36(37-17-7-4-8-18-37)33-50-35(2)42-23-15-16-26-49(42)54(50)41-29-27-38(28-30-41)43-31-32-46(45-25-14-13-24-44(43)45)48-34-47(39-19-9-5-10-20-39)52-51(53-48)40-21-11-6-12-22-40/h1,4-34H,2H3/b36-33+. The fourth-order valence-electron chi connectivity index (χ4n) is 7.46. The molecule has 0 aliphatic carbocycles. The molecule has 9 rings (SSSR count). The molecular weight excluding hydrogens is 655 g/mol. The normalized spacial score (nSPS) is 11.5. The number of nitrogens with zero attached hydrogens (tertiary/aromatic N) is 3. The quantitative estimate of drug-likeness (QED) is 0.156. The van der Waals surface area contributed by atoms with Crippen molar-refractivity contribution in [3.8, 4) is 63.1 Å². The Morgan fingerprint density at radius 1 is 0.537 bits per heavy atom. The summed E-state index contributed by atoms with van der Waals surface area (Å²) < 4.78 is 2.32. The first-order valence-electron chi connectivity index (χ1n) is 18.1. The summed E-state index contributed by atoms with van der Waals surface area (Å²) in [7, 11) is 0. The topological polar surface area (TPSA) is 30.7 Å². The third-order valence-electron chi connectivity index (χ3n) is 10.2. The molecule has 0 amide bonds. The Morgan fingerprint density at radius 3 is 1.78 bits per heavy atom. The predicted octanol–water partition coefficient (Wildman–Crippen LogP) is 12.7. The Hall–Kier alpha value is -7.28. The molecule has 7 aromatic carbocycles. The summed E-state index contributed by atoms with van der Waals surface area (Å²) in [6, 6.07) is 63.3. The van der Waals surface area contributed by atoms with E-state index in [0.29, 0.717) is 5.82 Å². The first-order chi connectivity index (χ1) is 26.7. The Balaban J connectivity index is 1.15. The van der Waals surface area contributed by atoms with E-state index in [0.717, 1.165) is 78.0 Å². The van der Waals surface area contributed by atoms with Gasteiger partial charge >= 0.3 is 0 Å². The molecule has 0 saturated carbocycles. The van der Waals surface area contributed by atoms with E-state index in [1.54, 1.807) is 0 Å². The summed E-state index contributed by atoms with van der Waals surface area (Å²) in [6.07, 6.45) is 8.24. The molecular formula is C51H35N3. The van der Waals surface area contributed by atoms with Gasteiger partial charge in [-0.25, -0.2) is 9.97 Å². The summed E-state index contributed by atoms with van der Waals surface area (Å²) in [4.78, 5) is 10.2. The van der Waals surface area contributed by atoms with Crippen molar-refractivity contribution in [1.82, 2.24) is 14.5 Å². The zero-order valence-electron chi connectivity index (χ0n) is 29.8. The Bertz CT molecular complexity index is 2800. The number of benzene rings is 7. The highest BCUT2D eigenvalue weighted by Gasteiger charge is 2.17. The van der Waals surface area contributed by atoms with Crippen LogP contribution in [0.15, 0.2) is 182 Å². The van der Waals surface area contributed by atoms with Gasteiger partial charge in [0.05, 0.1) is 22.6 Å². The molecule has 0 N–H and O–H groups in total. The van der Waals surface area contributed by atoms with E-state index in [9.17, 15) is 0 Å². The van der Waals surface area contributed by atoms with Gasteiger partial charge in [0.2, 0.25) is 0 Å². The monoisotopic (exact) mass is 689 g/mol. The van der Waals surface area contributed by atoms with E-state index in [1.165, 1.54) is 10.9 Å². The first-order valence-corrected chi connectivity index (χ1v) is 18.1. The van der Waals surface area contributed by atoms with Crippen molar-refractivity contribution in [1.29, 1.82) is 0 Å². The van der Waals surface area contributed by atoms with E-state index in [1.807, 2.05) is 54.6 Å². The van der Waals surface area contributed by atoms with Crippen molar-refractivity contribution in [3.63, 3.8) is 0 Å². The van der Waals surface area contributed by atoms with Crippen LogP contribution in [0.3, 0.4) is 0 Å². The first kappa shape index (κ1) is 32.6. The van der Waals surface area contributed by atoms with Gasteiger partial charge in [-0.1, -0.05) is 164 Å². The van der Waals surface area contributed by atoms with Crippen LogP contribution in [-0.2, 0) is 0 Å². The smallest absolute Gasteiger partial charge is 0.160 e. The lowest BCUT2D eigenvalue weighted by Gasteiger charge is -2.15. The number of fused-ring (bicyclic) bond motifs is 2. The second-order valence-electron chi connectivity index (χ2n) is 13.4. The van der Waals surface area contributed by atoms with Gasteiger partial charge in [-0.05, 0) is 70.3 Å². The molecule has 3 heteroatoms. The van der Waals surface area contributed by atoms with E-state index in [-0.39, 0.29) is 0 Å². The number of aromatic nitrogens is 3. The average molecular weight is 690 g/mol. The lowest BCUT2D eigenvalue weighted by atomic mass is 9.93. The van der Waals surface area contributed by atoms with Crippen molar-refractivity contribution in [3.05, 3.63) is 199 Å². The zero-order valence-corrected chi connectivity index (χ0v) is 29.8. The van der Waals surface area contributed by atoms with Gasteiger partial charge in [-0.15, -0.1) is 6.42 Å². The molecule has 9 aromatic rings. The second-order valence-corrected chi connectivity index (χ2v) is 13.4. The number of hydrogen-bond donors (Lipinski definition) is 0. The highest BCUT2D eigenvalue weighted by atomic mass is 15.0. The molecule has 0 saturated heterocycles. The molecule has 0 spiro atoms. The molecule has 0 aliphatic heterocycles. The van der Waals surface area contributed by atoms with Crippen LogP contribution in [0.1, 0.15) is 16.8 Å². The Labute approximate surface area is 315 Å². The van der Waals surface area contributed by atoms with Crippen molar-refractivity contribution in [2.24, 2.45) is 0 Å². The SMILES string of the molecule is C#C/C(=C\c1c(C)c2ccccc2n1-c1ccc(-c2ccc(-c3cc(-c4ccccc4)nc(-c4ccccc4)n3)c3ccccc23)cc1)c1ccccc1. The Kier molecular flexibility index (Phi) is 8.48. The van der Waals surface area contributed by atoms with E-state index in [4.69, 9.17) is 16.4 Å². The van der Waals surface area contributed by atoms with Gasteiger partial charge in [0.25, 0.3) is 0 Å². The van der Waals surface area contributed by atoms with Crippen LogP contribution in [0.4, 0.5) is 0 Å². The molecule has 2 heterocycles. The molecule has 2 aromatic heterocycles. The number of allylic oxidation sites excluding steroid dienone is 1. The lowest BCUT2D eigenvalue weighted by molar-refractivity contribution is 1.10. The van der Waals surface area contributed by atoms with Crippen LogP contribution < -0.4 is 0 Å². The molecule has 0 fully saturated rings. The maximum Gasteiger partial charge on any atom is 0.160 e. The zero-order chi connectivity index (χ0) is 36.4. The average Bonchev–Trinajstić information content (AvgIpc) is 3.53. The minimum atomic E-state index is 0.704. The molecule has 0 bridgehead atoms. The minimum absolute atomic E-state index is 0.704. The fourth-order valence-corrected chi connectivity index (χ4v) is 7.46. The van der Waals surface area contributed by atoms with Crippen molar-refractivity contribution in [2.45, 2.75) is 6.92 Å². The number of para-hydroxylation sites is 1. The van der Waals surface area contributed by atoms with Crippen molar-refractivity contribution in [2.75, 3.05) is 0 Å². The molecule has 254 valence electrons. The highest BCUT2D eigenvalue weighted by molar-refractivity contribution is 6.05. The summed E-state index contributed by atoms with van der Waals surface area (Å²) in [6.45, 7) is 2.18. The molecule has 54 heavy (non-hydrogen) atoms. The van der Waals surface area contributed by atoms with Gasteiger partial charge < -0.3 is 4.57 Å². The van der Waals surface area contributed by atoms with Crippen LogP contribution >= 0.6 is 0 Å². The highest BCUT2D eigenvalue weighted by Crippen LogP contribution is 2.38. The summed E-state index contributed by atoms with van der Waals surface area (Å²) >= 11 is 0. The summed E-state index contributed by atoms with van der Waals surface area (Å²) in [5.74, 6) is 3.65. The van der Waals surface area contributed by atoms with E-state index >= 15 is 0 Å². The molecule has 0 aliphatic rings. The third kappa shape index (κ3) is 5.96. The fraction of sp³-hybridized carbons (Fsp3) is 0.0196. The number of aryl methyl sites for hydroxylation is 1. The van der Waals surface area contributed by atoms with Gasteiger partial charge in [0, 0.05) is 33.3 Å². The van der Waals surface area contributed by atoms with E-state index in [2.05, 4.69) is 151 Å². The van der Waals surface area contributed by atoms with Crippen LogP contribution in [0.5, 0.6) is 0 Å². The molecule has 3 nitrogen and oxygen atoms in total. The van der Waals surface area contributed by atoms with Crippen LogP contribution in [0.2, 0.25) is 0 Å². The maximum atomic E-state index is 6.10. The van der Waals surface area contributed by atoms with Gasteiger partial charge in [0.15, 0.2) is 5.82 Å². The van der Waals surface area contributed by atoms with Crippen LogP contribution in [0.25, 0.3) is 84.0 Å². The van der Waals surface area contributed by atoms with Crippen molar-refractivity contribution < 1.29 is 0 Å². The Morgan fingerprint density at radius 2 is 1.09 bits per heavy atom. The van der Waals surface area contributed by atoms with E-state index < -0.39 is 0 Å². The maximum absolute atomic E-state index is 6.10. The van der Waals surface area contributed by atoms with Crippen LogP contribution in [0, 0.1) is 19.3 Å². The summed E-state index contributed by atoms with van der Waals surface area (Å²) in [5, 5.41) is 3.50. The minimum Gasteiger partial charge on any atom is -0.310 e. The van der Waals surface area contributed by atoms with Crippen LogP contribution in [-0.4, -0.2) is 14.5 Å². The molecule has 0 radical (unpaired) electrons. The predicted molar refractivity (Wildman–Crippen MR) is 226 cm³/mol. The molecule has 0 atom stereocenters. The van der Waals surface area contributed by atoms with Gasteiger partial charge in [-0.3, -0.25) is 0 Å². The lowest BCUT2D eigenvalue weighted by Crippen LogP contribution is -1.98. The van der Waals surface area contributed by atoms with Gasteiger partial charge in [-0.2, -0.15) is 0 Å². The third-order valence-corrected chi connectivity index (χ3v) is 10.2.